The third-order valence-electron chi connectivity index (χ3n) is 8.94. The minimum absolute atomic E-state index is 0.0181. The Balaban J connectivity index is 1.29. The van der Waals surface area contributed by atoms with Crippen LogP contribution >= 0.6 is 0 Å². The van der Waals surface area contributed by atoms with E-state index in [2.05, 4.69) is 69.9 Å². The Morgan fingerprint density at radius 3 is 2.49 bits per heavy atom. The van der Waals surface area contributed by atoms with Crippen molar-refractivity contribution in [1.29, 1.82) is 0 Å². The molecule has 3 aliphatic rings. The van der Waals surface area contributed by atoms with E-state index in [0.717, 1.165) is 57.2 Å². The molecule has 1 aromatic heterocycles. The van der Waals surface area contributed by atoms with Gasteiger partial charge in [-0.25, -0.2) is 4.98 Å². The number of piperazine rings is 1. The first-order chi connectivity index (χ1) is 20.9. The molecule has 0 spiro atoms. The Labute approximate surface area is 254 Å². The van der Waals surface area contributed by atoms with Gasteiger partial charge in [0.25, 0.3) is 5.91 Å². The van der Waals surface area contributed by atoms with Crippen LogP contribution in [0.25, 0.3) is 10.8 Å². The number of ether oxygens (including phenoxy) is 1. The Morgan fingerprint density at radius 2 is 1.74 bits per heavy atom. The van der Waals surface area contributed by atoms with E-state index in [4.69, 9.17) is 9.72 Å². The Bertz CT molecular complexity index is 1500. The van der Waals surface area contributed by atoms with Crippen molar-refractivity contribution in [2.45, 2.75) is 32.9 Å². The number of anilines is 2. The van der Waals surface area contributed by atoms with Crippen molar-refractivity contribution in [3.63, 3.8) is 0 Å². The van der Waals surface area contributed by atoms with Crippen molar-refractivity contribution in [3.8, 4) is 0 Å². The summed E-state index contributed by atoms with van der Waals surface area (Å²) in [5.74, 6) is -0.185. The van der Waals surface area contributed by atoms with Gasteiger partial charge in [0.2, 0.25) is 5.91 Å². The summed E-state index contributed by atoms with van der Waals surface area (Å²) in [6, 6.07) is 14.9. The fraction of sp³-hybridized carbons (Fsp3) is 0.441. The summed E-state index contributed by atoms with van der Waals surface area (Å²) >= 11 is 0. The van der Waals surface area contributed by atoms with Crippen LogP contribution in [0.15, 0.2) is 55.1 Å². The van der Waals surface area contributed by atoms with Gasteiger partial charge >= 0.3 is 0 Å². The number of benzene rings is 2. The van der Waals surface area contributed by atoms with Crippen molar-refractivity contribution in [2.75, 3.05) is 75.4 Å². The van der Waals surface area contributed by atoms with Gasteiger partial charge in [0.05, 0.1) is 25.5 Å². The lowest BCUT2D eigenvalue weighted by molar-refractivity contribution is -0.126. The number of carbonyl (C=O) groups excluding carboxylic acids is 2. The van der Waals surface area contributed by atoms with Crippen LogP contribution in [0, 0.1) is 6.92 Å². The van der Waals surface area contributed by atoms with Crippen LogP contribution < -0.4 is 15.1 Å². The van der Waals surface area contributed by atoms with E-state index in [0.29, 0.717) is 38.4 Å². The van der Waals surface area contributed by atoms with E-state index in [1.807, 2.05) is 17.9 Å². The molecule has 9 heteroatoms. The Morgan fingerprint density at radius 1 is 1.00 bits per heavy atom. The number of hydrogen-bond acceptors (Lipinski definition) is 7. The SMILES string of the molecule is C=CC(=O)N1CCN(c2cc(C(=O)N[C@H](C)CN3CCOCC3)nc3c2CCN(c2cccc4cccc(C)c24)C3)CC1. The molecule has 0 saturated carbocycles. The smallest absolute Gasteiger partial charge is 0.270 e. The molecular weight excluding hydrogens is 540 g/mol. The van der Waals surface area contributed by atoms with Gasteiger partial charge in [0.1, 0.15) is 5.69 Å². The number of morpholine rings is 1. The molecule has 0 unspecified atom stereocenters. The van der Waals surface area contributed by atoms with Crippen molar-refractivity contribution >= 4 is 34.0 Å². The summed E-state index contributed by atoms with van der Waals surface area (Å²) in [4.78, 5) is 39.8. The van der Waals surface area contributed by atoms with Gasteiger partial charge in [-0.05, 0) is 49.4 Å². The maximum Gasteiger partial charge on any atom is 0.270 e. The number of amides is 2. The summed E-state index contributed by atoms with van der Waals surface area (Å²) in [7, 11) is 0. The number of aryl methyl sites for hydroxylation is 1. The average molecular weight is 583 g/mol. The topological polar surface area (TPSA) is 81.2 Å². The van der Waals surface area contributed by atoms with E-state index in [-0.39, 0.29) is 17.9 Å². The Hall–Kier alpha value is -3.95. The van der Waals surface area contributed by atoms with Crippen molar-refractivity contribution < 1.29 is 14.3 Å². The molecule has 0 bridgehead atoms. The zero-order valence-corrected chi connectivity index (χ0v) is 25.3. The maximum absolute atomic E-state index is 13.7. The van der Waals surface area contributed by atoms with Gasteiger partial charge in [0.15, 0.2) is 0 Å². The fourth-order valence-corrected chi connectivity index (χ4v) is 6.70. The number of rotatable bonds is 7. The van der Waals surface area contributed by atoms with E-state index < -0.39 is 0 Å². The van der Waals surface area contributed by atoms with Crippen LogP contribution in [0.5, 0.6) is 0 Å². The van der Waals surface area contributed by atoms with Gasteiger partial charge < -0.3 is 24.8 Å². The lowest BCUT2D eigenvalue weighted by Gasteiger charge is -2.39. The molecule has 3 aliphatic heterocycles. The van der Waals surface area contributed by atoms with E-state index in [1.54, 1.807) is 0 Å². The highest BCUT2D eigenvalue weighted by atomic mass is 16.5. The predicted molar refractivity (Wildman–Crippen MR) is 171 cm³/mol. The number of aromatic nitrogens is 1. The van der Waals surface area contributed by atoms with E-state index >= 15 is 0 Å². The molecule has 1 N–H and O–H groups in total. The lowest BCUT2D eigenvalue weighted by atomic mass is 9.97. The first-order valence-corrected chi connectivity index (χ1v) is 15.4. The van der Waals surface area contributed by atoms with Crippen LogP contribution in [-0.4, -0.2) is 98.2 Å². The molecule has 0 aliphatic carbocycles. The van der Waals surface area contributed by atoms with E-state index in [1.165, 1.54) is 33.7 Å². The molecule has 43 heavy (non-hydrogen) atoms. The largest absolute Gasteiger partial charge is 0.379 e. The number of pyridine rings is 1. The second-order valence-electron chi connectivity index (χ2n) is 11.9. The summed E-state index contributed by atoms with van der Waals surface area (Å²) < 4.78 is 5.48. The zero-order valence-electron chi connectivity index (χ0n) is 25.3. The lowest BCUT2D eigenvalue weighted by Crippen LogP contribution is -2.49. The number of nitrogens with zero attached hydrogens (tertiary/aromatic N) is 5. The van der Waals surface area contributed by atoms with Gasteiger partial charge in [-0.15, -0.1) is 0 Å². The monoisotopic (exact) mass is 582 g/mol. The minimum atomic E-state index is -0.150. The fourth-order valence-electron chi connectivity index (χ4n) is 6.70. The average Bonchev–Trinajstić information content (AvgIpc) is 3.04. The summed E-state index contributed by atoms with van der Waals surface area (Å²) in [6.45, 7) is 16.0. The molecule has 2 aromatic carbocycles. The van der Waals surface area contributed by atoms with Gasteiger partial charge in [0, 0.05) is 80.7 Å². The van der Waals surface area contributed by atoms with Gasteiger partial charge in [-0.3, -0.25) is 14.5 Å². The van der Waals surface area contributed by atoms with Crippen LogP contribution in [0.4, 0.5) is 11.4 Å². The molecule has 6 rings (SSSR count). The van der Waals surface area contributed by atoms with Gasteiger partial charge in [-0.1, -0.05) is 36.9 Å². The molecule has 9 nitrogen and oxygen atoms in total. The molecular formula is C34H42N6O3. The molecule has 4 heterocycles. The first kappa shape index (κ1) is 29.1. The number of hydrogen-bond donors (Lipinski definition) is 1. The summed E-state index contributed by atoms with van der Waals surface area (Å²) in [5.41, 5.74) is 6.12. The number of nitrogens with one attached hydrogen (secondary N) is 1. The van der Waals surface area contributed by atoms with Crippen LogP contribution in [-0.2, 0) is 22.5 Å². The third-order valence-corrected chi connectivity index (χ3v) is 8.94. The number of fused-ring (bicyclic) bond motifs is 2. The zero-order chi connectivity index (χ0) is 29.9. The highest BCUT2D eigenvalue weighted by molar-refractivity contribution is 5.97. The normalized spacial score (nSPS) is 18.3. The minimum Gasteiger partial charge on any atom is -0.379 e. The third kappa shape index (κ3) is 6.24. The highest BCUT2D eigenvalue weighted by Gasteiger charge is 2.29. The standard InChI is InChI=1S/C34H42N6O3/c1-4-32(41)39-15-13-38(14-16-39)31-21-28(34(42)35-25(3)22-37-17-19-43-20-18-37)36-29-23-40(12-11-27(29)31)30-10-6-9-26-8-5-7-24(2)33(26)30/h4-10,21,25H,1,11-20,22-23H2,2-3H3,(H,35,42)/t25-/m1/s1. The highest BCUT2D eigenvalue weighted by Crippen LogP contribution is 2.35. The second-order valence-corrected chi connectivity index (χ2v) is 11.9. The molecule has 0 radical (unpaired) electrons. The first-order valence-electron chi connectivity index (χ1n) is 15.4. The molecule has 3 aromatic rings. The van der Waals surface area contributed by atoms with Crippen molar-refractivity contribution in [3.05, 3.63) is 77.6 Å². The number of carbonyl (C=O) groups is 2. The molecule has 226 valence electrons. The molecule has 1 atom stereocenters. The van der Waals surface area contributed by atoms with Gasteiger partial charge in [-0.2, -0.15) is 0 Å². The van der Waals surface area contributed by atoms with Crippen molar-refractivity contribution in [2.24, 2.45) is 0 Å². The molecule has 2 saturated heterocycles. The predicted octanol–water partition coefficient (Wildman–Crippen LogP) is 3.39. The van der Waals surface area contributed by atoms with Crippen LogP contribution in [0.3, 0.4) is 0 Å². The summed E-state index contributed by atoms with van der Waals surface area (Å²) in [6.07, 6.45) is 2.22. The van der Waals surface area contributed by atoms with Crippen molar-refractivity contribution in [1.82, 2.24) is 20.1 Å². The quantitative estimate of drug-likeness (QED) is 0.428. The van der Waals surface area contributed by atoms with Crippen LogP contribution in [0.2, 0.25) is 0 Å². The second kappa shape index (κ2) is 12.7. The van der Waals surface area contributed by atoms with E-state index in [9.17, 15) is 9.59 Å². The summed E-state index contributed by atoms with van der Waals surface area (Å²) in [5, 5.41) is 5.70. The maximum atomic E-state index is 13.7. The van der Waals surface area contributed by atoms with Crippen LogP contribution in [0.1, 0.15) is 34.2 Å². The Kier molecular flexibility index (Phi) is 8.63. The molecule has 2 amide bonds. The molecule has 2 fully saturated rings.